The maximum absolute atomic E-state index is 14.1. The number of imide groups is 2. The monoisotopic (exact) mass is 464 g/mol. The van der Waals surface area contributed by atoms with Crippen LogP contribution in [0.5, 0.6) is 0 Å². The molecular weight excluding hydrogens is 440 g/mol. The predicted molar refractivity (Wildman–Crippen MR) is 123 cm³/mol. The summed E-state index contributed by atoms with van der Waals surface area (Å²) in [6, 6.07) is 9.82. The van der Waals surface area contributed by atoms with E-state index in [0.717, 1.165) is 16.2 Å². The average Bonchev–Trinajstić information content (AvgIpc) is 2.78. The molecule has 34 heavy (non-hydrogen) atoms. The topological polar surface area (TPSA) is 122 Å². The van der Waals surface area contributed by atoms with Crippen LogP contribution in [0.1, 0.15) is 25.0 Å². The van der Waals surface area contributed by atoms with Crippen LogP contribution in [0.25, 0.3) is 0 Å². The fourth-order valence-corrected chi connectivity index (χ4v) is 5.55. The molecule has 0 aliphatic carbocycles. The smallest absolute Gasteiger partial charge is 0.335 e. The van der Waals surface area contributed by atoms with Gasteiger partial charge >= 0.3 is 6.03 Å². The second-order valence-corrected chi connectivity index (χ2v) is 9.20. The van der Waals surface area contributed by atoms with Crippen LogP contribution in [0.2, 0.25) is 0 Å². The zero-order valence-corrected chi connectivity index (χ0v) is 19.0. The lowest BCUT2D eigenvalue weighted by Crippen LogP contribution is -2.76. The van der Waals surface area contributed by atoms with Gasteiger partial charge in [0.15, 0.2) is 5.41 Å². The molecule has 4 unspecified atom stereocenters. The molecule has 3 aliphatic rings. The number of urea groups is 1. The number of aryl methyl sites for hydroxylation is 1. The number of ether oxygens (including phenoxy) is 1. The zero-order valence-electron chi connectivity index (χ0n) is 19.0. The first-order valence-electron chi connectivity index (χ1n) is 11.1. The first kappa shape index (κ1) is 22.0. The molecule has 2 aromatic rings. The first-order chi connectivity index (χ1) is 16.1. The number of benzene rings is 2. The molecule has 3 heterocycles. The minimum atomic E-state index is -1.71. The minimum absolute atomic E-state index is 0.0897. The number of nitrogens with one attached hydrogen (secondary N) is 1. The molecule has 0 bridgehead atoms. The number of barbiturate groups is 1. The second-order valence-electron chi connectivity index (χ2n) is 9.20. The van der Waals surface area contributed by atoms with E-state index in [1.165, 1.54) is 12.1 Å². The number of hydrogen-bond donors (Lipinski definition) is 1. The van der Waals surface area contributed by atoms with Crippen LogP contribution in [-0.4, -0.2) is 47.6 Å². The van der Waals surface area contributed by atoms with Crippen LogP contribution in [-0.2, 0) is 20.7 Å². The summed E-state index contributed by atoms with van der Waals surface area (Å²) in [5.41, 5.74) is 0.690. The number of carbonyl (C=O) groups excluding carboxylic acids is 3. The number of anilines is 2. The van der Waals surface area contributed by atoms with E-state index >= 15 is 0 Å². The Morgan fingerprint density at radius 3 is 2.50 bits per heavy atom. The van der Waals surface area contributed by atoms with Crippen molar-refractivity contribution in [3.63, 3.8) is 0 Å². The van der Waals surface area contributed by atoms with Gasteiger partial charge in [0.05, 0.1) is 28.9 Å². The first-order valence-corrected chi connectivity index (χ1v) is 11.1. The summed E-state index contributed by atoms with van der Waals surface area (Å²) in [7, 11) is 0. The van der Waals surface area contributed by atoms with Crippen molar-refractivity contribution in [3.8, 4) is 0 Å². The molecule has 2 saturated heterocycles. The largest absolute Gasteiger partial charge is 0.372 e. The van der Waals surface area contributed by atoms with Crippen molar-refractivity contribution in [2.45, 2.75) is 45.4 Å². The lowest BCUT2D eigenvalue weighted by molar-refractivity contribution is -0.384. The molecule has 0 saturated carbocycles. The van der Waals surface area contributed by atoms with Crippen molar-refractivity contribution in [1.82, 2.24) is 5.32 Å². The lowest BCUT2D eigenvalue weighted by atomic mass is 9.66. The summed E-state index contributed by atoms with van der Waals surface area (Å²) < 4.78 is 6.05. The average molecular weight is 464 g/mol. The number of nitro groups is 1. The van der Waals surface area contributed by atoms with Gasteiger partial charge in [-0.3, -0.25) is 25.0 Å². The maximum Gasteiger partial charge on any atom is 0.335 e. The Labute approximate surface area is 195 Å². The van der Waals surface area contributed by atoms with Gasteiger partial charge in [0, 0.05) is 30.8 Å². The minimum Gasteiger partial charge on any atom is -0.372 e. The molecule has 0 radical (unpaired) electrons. The predicted octanol–water partition coefficient (Wildman–Crippen LogP) is 2.71. The molecule has 10 nitrogen and oxygen atoms in total. The number of amides is 4. The van der Waals surface area contributed by atoms with E-state index < -0.39 is 40.3 Å². The van der Waals surface area contributed by atoms with Gasteiger partial charge in [0.2, 0.25) is 5.91 Å². The van der Waals surface area contributed by atoms with Crippen molar-refractivity contribution in [3.05, 3.63) is 63.7 Å². The van der Waals surface area contributed by atoms with E-state index in [0.29, 0.717) is 17.8 Å². The van der Waals surface area contributed by atoms with Gasteiger partial charge in [-0.15, -0.1) is 0 Å². The van der Waals surface area contributed by atoms with Gasteiger partial charge in [0.25, 0.3) is 11.6 Å². The summed E-state index contributed by atoms with van der Waals surface area (Å²) in [5.74, 6) is -1.38. The number of non-ortho nitro benzene ring substituents is 1. The Hall–Kier alpha value is -3.79. The third-order valence-electron chi connectivity index (χ3n) is 6.94. The van der Waals surface area contributed by atoms with Gasteiger partial charge in [-0.2, -0.15) is 0 Å². The summed E-state index contributed by atoms with van der Waals surface area (Å²) in [5, 5.41) is 13.8. The Bertz CT molecular complexity index is 1230. The Kier molecular flexibility index (Phi) is 4.94. The van der Waals surface area contributed by atoms with Crippen LogP contribution < -0.4 is 15.1 Å². The number of nitrogens with zero attached hydrogens (tertiary/aromatic N) is 3. The highest BCUT2D eigenvalue weighted by atomic mass is 16.6. The summed E-state index contributed by atoms with van der Waals surface area (Å²) in [6.07, 6.45) is -0.802. The van der Waals surface area contributed by atoms with Crippen molar-refractivity contribution >= 4 is 34.9 Å². The van der Waals surface area contributed by atoms with Gasteiger partial charge < -0.3 is 9.64 Å². The van der Waals surface area contributed by atoms with Crippen molar-refractivity contribution < 1.29 is 24.0 Å². The van der Waals surface area contributed by atoms with E-state index in [1.54, 1.807) is 37.3 Å². The van der Waals surface area contributed by atoms with E-state index in [1.807, 2.05) is 18.7 Å². The van der Waals surface area contributed by atoms with Gasteiger partial charge in [-0.1, -0.05) is 17.7 Å². The van der Waals surface area contributed by atoms with Crippen LogP contribution in [0.3, 0.4) is 0 Å². The molecule has 10 heteroatoms. The van der Waals surface area contributed by atoms with Crippen LogP contribution in [0.15, 0.2) is 42.5 Å². The fourth-order valence-electron chi connectivity index (χ4n) is 5.55. The number of nitro benzene ring substituents is 1. The van der Waals surface area contributed by atoms with Crippen molar-refractivity contribution in [2.75, 3.05) is 16.3 Å². The number of carbonyl (C=O) groups is 3. The van der Waals surface area contributed by atoms with Crippen LogP contribution in [0.4, 0.5) is 21.9 Å². The quantitative estimate of drug-likeness (QED) is 0.412. The zero-order chi connectivity index (χ0) is 24.4. The molecule has 2 aromatic carbocycles. The molecular formula is C24H24N4O6. The molecule has 4 atom stereocenters. The van der Waals surface area contributed by atoms with Gasteiger partial charge in [-0.25, -0.2) is 9.69 Å². The lowest BCUT2D eigenvalue weighted by Gasteiger charge is -2.56. The van der Waals surface area contributed by atoms with E-state index in [2.05, 4.69) is 5.32 Å². The Balaban J connectivity index is 1.70. The van der Waals surface area contributed by atoms with E-state index in [4.69, 9.17) is 4.74 Å². The SMILES string of the molecule is Cc1ccc(N2C(=O)NC(=O)C3(Cc4cc([N+](=O)[O-])ccc4N4CC(C)OC(C)C43)C2=O)cc1. The molecule has 5 rings (SSSR count). The highest BCUT2D eigenvalue weighted by molar-refractivity contribution is 6.30. The molecule has 1 spiro atoms. The third kappa shape index (κ3) is 3.09. The second kappa shape index (κ2) is 7.63. The normalized spacial score (nSPS) is 28.4. The van der Waals surface area contributed by atoms with Crippen LogP contribution in [0, 0.1) is 22.5 Å². The molecule has 3 aliphatic heterocycles. The molecule has 1 N–H and O–H groups in total. The molecule has 0 aromatic heterocycles. The highest BCUT2D eigenvalue weighted by Gasteiger charge is 2.65. The Morgan fingerprint density at radius 2 is 1.82 bits per heavy atom. The number of rotatable bonds is 2. The van der Waals surface area contributed by atoms with E-state index in [9.17, 15) is 24.5 Å². The molecule has 2 fully saturated rings. The van der Waals surface area contributed by atoms with E-state index in [-0.39, 0.29) is 18.2 Å². The third-order valence-corrected chi connectivity index (χ3v) is 6.94. The molecule has 4 amide bonds. The highest BCUT2D eigenvalue weighted by Crippen LogP contribution is 2.48. The fraction of sp³-hybridized carbons (Fsp3) is 0.375. The van der Waals surface area contributed by atoms with Crippen molar-refractivity contribution in [1.29, 1.82) is 0 Å². The van der Waals surface area contributed by atoms with Crippen LogP contribution >= 0.6 is 0 Å². The number of fused-ring (bicyclic) bond motifs is 4. The standard InChI is InChI=1S/C24H24N4O6/c1-13-4-6-17(7-5-13)27-22(30)24(21(29)25-23(27)31)11-16-10-18(28(32)33)8-9-19(16)26-12-14(2)34-15(3)20(24)26/h4-10,14-15,20H,11-12H2,1-3H3,(H,25,29,31). The number of hydrogen-bond acceptors (Lipinski definition) is 7. The molecule has 176 valence electrons. The van der Waals surface area contributed by atoms with Gasteiger partial charge in [0.1, 0.15) is 0 Å². The summed E-state index contributed by atoms with van der Waals surface area (Å²) in [4.78, 5) is 54.4. The Morgan fingerprint density at radius 1 is 1.12 bits per heavy atom. The maximum atomic E-state index is 14.1. The van der Waals surface area contributed by atoms with Gasteiger partial charge in [-0.05, 0) is 44.5 Å². The summed E-state index contributed by atoms with van der Waals surface area (Å²) >= 11 is 0. The summed E-state index contributed by atoms with van der Waals surface area (Å²) in [6.45, 7) is 5.97. The van der Waals surface area contributed by atoms with Crippen molar-refractivity contribution in [2.24, 2.45) is 5.41 Å². The number of morpholine rings is 1.